The molecule has 192 valence electrons. The number of halogens is 2. The minimum atomic E-state index is -3.93. The summed E-state index contributed by atoms with van der Waals surface area (Å²) in [6, 6.07) is 11.6. The van der Waals surface area contributed by atoms with Crippen LogP contribution in [0.5, 0.6) is 17.2 Å². The molecule has 0 aliphatic carbocycles. The molecule has 0 aliphatic heterocycles. The maximum Gasteiger partial charge on any atom is 0.306 e. The lowest BCUT2D eigenvalue weighted by atomic mass is 9.98. The fourth-order valence-corrected chi connectivity index (χ4v) is 4.09. The highest BCUT2D eigenvalue weighted by Gasteiger charge is 2.18. The van der Waals surface area contributed by atoms with Crippen LogP contribution in [0.25, 0.3) is 22.3 Å². The summed E-state index contributed by atoms with van der Waals surface area (Å²) < 4.78 is 91.4. The first kappa shape index (κ1) is 27.2. The van der Waals surface area contributed by atoms with E-state index in [0.29, 0.717) is 5.56 Å². The lowest BCUT2D eigenvalue weighted by molar-refractivity contribution is 0.347. The third-order valence-corrected chi connectivity index (χ3v) is 5.67. The molecule has 0 unspecified atom stereocenters. The maximum absolute atomic E-state index is 15.1. The standard InChI is InChI=1S/C25H24F2O7S2/c1-16(2)11-12-32-24-10-7-18(13-25(24)34-36(4,30)31)21-15-22(26)20(14-23(21)27)17-5-8-19(9-6-17)33-35(3,28)29/h5-11,13-15H,12H2,1-4H3. The van der Waals surface area contributed by atoms with Crippen LogP contribution < -0.4 is 13.1 Å². The highest BCUT2D eigenvalue weighted by Crippen LogP contribution is 2.37. The Morgan fingerprint density at radius 2 is 1.28 bits per heavy atom. The number of hydrogen-bond acceptors (Lipinski definition) is 7. The number of ether oxygens (including phenoxy) is 1. The average molecular weight is 539 g/mol. The first-order valence-electron chi connectivity index (χ1n) is 10.5. The molecule has 0 bridgehead atoms. The topological polar surface area (TPSA) is 96.0 Å². The van der Waals surface area contributed by atoms with Gasteiger partial charge in [0.15, 0.2) is 11.5 Å². The van der Waals surface area contributed by atoms with E-state index < -0.39 is 31.9 Å². The lowest BCUT2D eigenvalue weighted by Crippen LogP contribution is -2.08. The monoisotopic (exact) mass is 538 g/mol. The van der Waals surface area contributed by atoms with Crippen molar-refractivity contribution in [3.05, 3.63) is 77.9 Å². The van der Waals surface area contributed by atoms with Gasteiger partial charge in [-0.05, 0) is 67.4 Å². The van der Waals surface area contributed by atoms with E-state index in [9.17, 15) is 16.8 Å². The van der Waals surface area contributed by atoms with Gasteiger partial charge in [-0.3, -0.25) is 0 Å². The number of rotatable bonds is 9. The van der Waals surface area contributed by atoms with Crippen molar-refractivity contribution < 1.29 is 38.7 Å². The van der Waals surface area contributed by atoms with Crippen molar-refractivity contribution in [3.63, 3.8) is 0 Å². The van der Waals surface area contributed by atoms with Crippen molar-refractivity contribution in [2.24, 2.45) is 0 Å². The molecule has 0 N–H and O–H groups in total. The van der Waals surface area contributed by atoms with Gasteiger partial charge in [-0.15, -0.1) is 0 Å². The third-order valence-electron chi connectivity index (χ3n) is 4.70. The Kier molecular flexibility index (Phi) is 8.05. The molecule has 0 fully saturated rings. The summed E-state index contributed by atoms with van der Waals surface area (Å²) in [4.78, 5) is 0. The van der Waals surface area contributed by atoms with Crippen LogP contribution in [0.2, 0.25) is 0 Å². The van der Waals surface area contributed by atoms with Gasteiger partial charge in [0, 0.05) is 11.1 Å². The average Bonchev–Trinajstić information content (AvgIpc) is 2.74. The van der Waals surface area contributed by atoms with Crippen LogP contribution >= 0.6 is 0 Å². The summed E-state index contributed by atoms with van der Waals surface area (Å²) in [7, 11) is -7.65. The molecule has 0 aromatic heterocycles. The normalized spacial score (nSPS) is 11.6. The Labute approximate surface area is 209 Å². The molecule has 7 nitrogen and oxygen atoms in total. The van der Waals surface area contributed by atoms with Crippen molar-refractivity contribution in [1.82, 2.24) is 0 Å². The molecule has 0 heterocycles. The minimum absolute atomic E-state index is 0.0315. The second-order valence-corrected chi connectivity index (χ2v) is 11.3. The largest absolute Gasteiger partial charge is 0.486 e. The van der Waals surface area contributed by atoms with Gasteiger partial charge in [0.25, 0.3) is 0 Å². The summed E-state index contributed by atoms with van der Waals surface area (Å²) in [5, 5.41) is 0. The second kappa shape index (κ2) is 10.7. The van der Waals surface area contributed by atoms with Crippen LogP contribution in [0.15, 0.2) is 66.2 Å². The molecule has 0 saturated heterocycles. The van der Waals surface area contributed by atoms with Crippen molar-refractivity contribution in [1.29, 1.82) is 0 Å². The zero-order valence-corrected chi connectivity index (χ0v) is 21.5. The molecular formula is C25H24F2O7S2. The Morgan fingerprint density at radius 1 is 0.750 bits per heavy atom. The second-order valence-electron chi connectivity index (χ2n) is 8.17. The van der Waals surface area contributed by atoms with Crippen molar-refractivity contribution in [2.45, 2.75) is 13.8 Å². The number of hydrogen-bond donors (Lipinski definition) is 0. The summed E-state index contributed by atoms with van der Waals surface area (Å²) in [6.45, 7) is 3.91. The van der Waals surface area contributed by atoms with Gasteiger partial charge in [-0.25, -0.2) is 8.78 Å². The SMILES string of the molecule is CC(C)=CCOc1ccc(-c2cc(F)c(-c3ccc(OS(C)(=O)=O)cc3)cc2F)cc1OS(C)(=O)=O. The van der Waals surface area contributed by atoms with Crippen LogP contribution in [0.3, 0.4) is 0 Å². The molecule has 0 spiro atoms. The first-order valence-corrected chi connectivity index (χ1v) is 14.1. The third kappa shape index (κ3) is 7.53. The van der Waals surface area contributed by atoms with Crippen LogP contribution in [-0.4, -0.2) is 36.0 Å². The van der Waals surface area contributed by atoms with Crippen molar-refractivity contribution in [3.8, 4) is 39.5 Å². The Balaban J connectivity index is 1.98. The molecule has 11 heteroatoms. The molecule has 0 amide bonds. The first-order chi connectivity index (χ1) is 16.7. The Bertz CT molecular complexity index is 1510. The van der Waals surface area contributed by atoms with Crippen molar-refractivity contribution >= 4 is 20.2 Å². The summed E-state index contributed by atoms with van der Waals surface area (Å²) in [6.07, 6.45) is 3.54. The smallest absolute Gasteiger partial charge is 0.306 e. The predicted octanol–water partition coefficient (Wildman–Crippen LogP) is 5.32. The van der Waals surface area contributed by atoms with E-state index in [4.69, 9.17) is 13.1 Å². The molecule has 3 rings (SSSR count). The highest BCUT2D eigenvalue weighted by molar-refractivity contribution is 7.86. The van der Waals surface area contributed by atoms with Gasteiger partial charge < -0.3 is 13.1 Å². The highest BCUT2D eigenvalue weighted by atomic mass is 32.2. The van der Waals surface area contributed by atoms with Gasteiger partial charge in [0.1, 0.15) is 24.0 Å². The van der Waals surface area contributed by atoms with Crippen LogP contribution in [-0.2, 0) is 20.2 Å². The van der Waals surface area contributed by atoms with E-state index in [1.807, 2.05) is 13.8 Å². The molecule has 36 heavy (non-hydrogen) atoms. The van der Waals surface area contributed by atoms with Gasteiger partial charge in [0.05, 0.1) is 12.5 Å². The molecule has 0 atom stereocenters. The summed E-state index contributed by atoms with van der Waals surface area (Å²) in [5.74, 6) is -1.54. The van der Waals surface area contributed by atoms with E-state index >= 15 is 8.78 Å². The fourth-order valence-electron chi connectivity index (χ4n) is 3.18. The maximum atomic E-state index is 15.1. The van der Waals surface area contributed by atoms with Gasteiger partial charge in [-0.2, -0.15) is 16.8 Å². The fraction of sp³-hybridized carbons (Fsp3) is 0.200. The zero-order valence-electron chi connectivity index (χ0n) is 19.9. The van der Waals surface area contributed by atoms with Crippen LogP contribution in [0.4, 0.5) is 8.78 Å². The van der Waals surface area contributed by atoms with E-state index in [1.54, 1.807) is 6.08 Å². The quantitative estimate of drug-likeness (QED) is 0.269. The number of allylic oxidation sites excluding steroid dienone is 1. The summed E-state index contributed by atoms with van der Waals surface area (Å²) in [5.41, 5.74) is 1.28. The van der Waals surface area contributed by atoms with E-state index in [-0.39, 0.29) is 40.5 Å². The van der Waals surface area contributed by atoms with Gasteiger partial charge >= 0.3 is 20.2 Å². The van der Waals surface area contributed by atoms with Crippen LogP contribution in [0, 0.1) is 11.6 Å². The van der Waals surface area contributed by atoms with E-state index in [2.05, 4.69) is 0 Å². The van der Waals surface area contributed by atoms with Crippen molar-refractivity contribution in [2.75, 3.05) is 19.1 Å². The molecular weight excluding hydrogens is 514 g/mol. The lowest BCUT2D eigenvalue weighted by Gasteiger charge is -2.14. The van der Waals surface area contributed by atoms with E-state index in [0.717, 1.165) is 30.2 Å². The Hall–Kier alpha value is -3.44. The van der Waals surface area contributed by atoms with Crippen LogP contribution in [0.1, 0.15) is 13.8 Å². The molecule has 0 aliphatic rings. The van der Waals surface area contributed by atoms with Gasteiger partial charge in [0.2, 0.25) is 0 Å². The number of benzene rings is 3. The Morgan fingerprint density at radius 3 is 1.81 bits per heavy atom. The summed E-state index contributed by atoms with van der Waals surface area (Å²) >= 11 is 0. The van der Waals surface area contributed by atoms with E-state index in [1.165, 1.54) is 42.5 Å². The molecule has 3 aromatic rings. The molecule has 0 radical (unpaired) electrons. The molecule has 3 aromatic carbocycles. The van der Waals surface area contributed by atoms with Gasteiger partial charge in [-0.1, -0.05) is 23.8 Å². The predicted molar refractivity (Wildman–Crippen MR) is 133 cm³/mol. The molecule has 0 saturated carbocycles. The minimum Gasteiger partial charge on any atom is -0.486 e. The zero-order chi connectivity index (χ0) is 26.7.